The number of fused-ring (bicyclic) bond motifs is 2. The van der Waals surface area contributed by atoms with Crippen LogP contribution >= 0.6 is 12.4 Å². The van der Waals surface area contributed by atoms with Crippen LogP contribution < -0.4 is 0 Å². The predicted molar refractivity (Wildman–Crippen MR) is 76.9 cm³/mol. The Morgan fingerprint density at radius 3 is 2.45 bits per heavy atom. The van der Waals surface area contributed by atoms with E-state index in [9.17, 15) is 9.59 Å². The van der Waals surface area contributed by atoms with Gasteiger partial charge in [-0.15, -0.1) is 12.4 Å². The first-order valence-corrected chi connectivity index (χ1v) is 7.01. The zero-order valence-corrected chi connectivity index (χ0v) is 13.4. The molecule has 0 saturated carbocycles. The van der Waals surface area contributed by atoms with Crippen LogP contribution in [-0.4, -0.2) is 41.3 Å². The molecule has 1 amide bonds. The van der Waals surface area contributed by atoms with Crippen LogP contribution in [0.5, 0.6) is 0 Å². The highest BCUT2D eigenvalue weighted by Gasteiger charge is 2.52. The number of carbonyl (C=O) groups is 2. The van der Waals surface area contributed by atoms with Crippen molar-refractivity contribution >= 4 is 24.5 Å². The molecule has 0 aromatic rings. The molecule has 20 heavy (non-hydrogen) atoms. The average Bonchev–Trinajstić information content (AvgIpc) is 2.83. The van der Waals surface area contributed by atoms with E-state index < -0.39 is 5.60 Å². The van der Waals surface area contributed by atoms with Crippen molar-refractivity contribution in [2.45, 2.75) is 64.6 Å². The average molecular weight is 306 g/mol. The lowest BCUT2D eigenvalue weighted by atomic mass is 9.89. The molecule has 3 atom stereocenters. The van der Waals surface area contributed by atoms with Gasteiger partial charge in [0.15, 0.2) is 0 Å². The topological polar surface area (TPSA) is 55.8 Å². The van der Waals surface area contributed by atoms with Gasteiger partial charge in [-0.05, 0) is 47.0 Å². The van der Waals surface area contributed by atoms with Crippen LogP contribution in [0.25, 0.3) is 0 Å². The van der Waals surface area contributed by atoms with Crippen molar-refractivity contribution in [1.29, 1.82) is 0 Å². The fourth-order valence-electron chi connectivity index (χ4n) is 3.09. The Morgan fingerprint density at radius 2 is 1.90 bits per heavy atom. The Hall–Kier alpha value is -0.970. The number of nitrogens with zero attached hydrogens (tertiary/aromatic N) is 1. The van der Waals surface area contributed by atoms with Crippen LogP contribution in [0.15, 0.2) is 0 Å². The lowest BCUT2D eigenvalue weighted by Crippen LogP contribution is -2.41. The minimum atomic E-state index is -0.501. The number of esters is 1. The first-order valence-electron chi connectivity index (χ1n) is 7.01. The van der Waals surface area contributed by atoms with Crippen LogP contribution in [0.1, 0.15) is 47.0 Å². The van der Waals surface area contributed by atoms with Gasteiger partial charge in [0.25, 0.3) is 0 Å². The third kappa shape index (κ3) is 3.37. The van der Waals surface area contributed by atoms with Crippen molar-refractivity contribution in [3.63, 3.8) is 0 Å². The van der Waals surface area contributed by atoms with Gasteiger partial charge in [0.05, 0.1) is 12.5 Å². The highest BCUT2D eigenvalue weighted by Crippen LogP contribution is 2.42. The lowest BCUT2D eigenvalue weighted by molar-refractivity contribution is -0.148. The van der Waals surface area contributed by atoms with E-state index in [4.69, 9.17) is 9.47 Å². The van der Waals surface area contributed by atoms with Gasteiger partial charge >= 0.3 is 12.1 Å². The van der Waals surface area contributed by atoms with Crippen molar-refractivity contribution < 1.29 is 19.1 Å². The van der Waals surface area contributed by atoms with Gasteiger partial charge in [-0.25, -0.2) is 4.79 Å². The summed E-state index contributed by atoms with van der Waals surface area (Å²) in [5, 5.41) is 0. The van der Waals surface area contributed by atoms with Gasteiger partial charge in [-0.2, -0.15) is 0 Å². The summed E-state index contributed by atoms with van der Waals surface area (Å²) in [4.78, 5) is 25.8. The number of rotatable bonds is 2. The number of amides is 1. The van der Waals surface area contributed by atoms with Crippen LogP contribution in [0, 0.1) is 5.92 Å². The summed E-state index contributed by atoms with van der Waals surface area (Å²) in [6.07, 6.45) is 2.24. The molecule has 116 valence electrons. The molecule has 2 aliphatic heterocycles. The number of hydrogen-bond donors (Lipinski definition) is 0. The first kappa shape index (κ1) is 17.1. The maximum absolute atomic E-state index is 12.2. The molecule has 0 aromatic carbocycles. The molecule has 2 heterocycles. The van der Waals surface area contributed by atoms with Crippen molar-refractivity contribution in [2.24, 2.45) is 5.92 Å². The van der Waals surface area contributed by atoms with E-state index >= 15 is 0 Å². The maximum Gasteiger partial charge on any atom is 0.410 e. The second-order valence-electron chi connectivity index (χ2n) is 6.28. The fourth-order valence-corrected chi connectivity index (χ4v) is 3.09. The molecule has 2 rings (SSSR count). The summed E-state index contributed by atoms with van der Waals surface area (Å²) >= 11 is 0. The summed E-state index contributed by atoms with van der Waals surface area (Å²) in [7, 11) is 0. The molecule has 0 aromatic heterocycles. The maximum atomic E-state index is 12.2. The number of halogens is 1. The quantitative estimate of drug-likeness (QED) is 0.736. The molecule has 0 N–H and O–H groups in total. The van der Waals surface area contributed by atoms with E-state index in [2.05, 4.69) is 0 Å². The van der Waals surface area contributed by atoms with Gasteiger partial charge in [0, 0.05) is 12.1 Å². The Bertz CT molecular complexity index is 380. The summed E-state index contributed by atoms with van der Waals surface area (Å²) in [5.74, 6) is -0.352. The largest absolute Gasteiger partial charge is 0.466 e. The van der Waals surface area contributed by atoms with E-state index in [1.54, 1.807) is 11.8 Å². The van der Waals surface area contributed by atoms with E-state index in [0.29, 0.717) is 13.0 Å². The molecule has 0 spiro atoms. The Kier molecular flexibility index (Phi) is 5.30. The van der Waals surface area contributed by atoms with Gasteiger partial charge in [-0.3, -0.25) is 4.79 Å². The third-order valence-electron chi connectivity index (χ3n) is 3.73. The number of carbonyl (C=O) groups excluding carboxylic acids is 2. The van der Waals surface area contributed by atoms with Crippen LogP contribution in [-0.2, 0) is 14.3 Å². The van der Waals surface area contributed by atoms with Crippen LogP contribution in [0.4, 0.5) is 4.79 Å². The molecule has 0 unspecified atom stereocenters. The van der Waals surface area contributed by atoms with E-state index in [0.717, 1.165) is 12.8 Å². The molecule has 0 radical (unpaired) electrons. The molecule has 2 bridgehead atoms. The van der Waals surface area contributed by atoms with E-state index in [1.165, 1.54) is 0 Å². The SMILES string of the molecule is CCOC(=O)[C@@H]1C[C@@H]2CC[C@H]1N2C(=O)OC(C)(C)C.Cl. The molecule has 2 fully saturated rings. The van der Waals surface area contributed by atoms with Crippen LogP contribution in [0.2, 0.25) is 0 Å². The highest BCUT2D eigenvalue weighted by molar-refractivity contribution is 5.85. The standard InChI is InChI=1S/C14H23NO4.ClH/c1-5-18-12(16)10-8-9-6-7-11(10)15(9)13(17)19-14(2,3)4;/h9-11H,5-8H2,1-4H3;1H/t9-,10+,11+;/m0./s1. The number of hydrogen-bond acceptors (Lipinski definition) is 4. The zero-order valence-electron chi connectivity index (χ0n) is 12.5. The second-order valence-corrected chi connectivity index (χ2v) is 6.28. The molecule has 2 saturated heterocycles. The predicted octanol–water partition coefficient (Wildman–Crippen LogP) is 2.76. The minimum absolute atomic E-state index is 0. The van der Waals surface area contributed by atoms with Crippen molar-refractivity contribution in [3.05, 3.63) is 0 Å². The van der Waals surface area contributed by atoms with Crippen molar-refractivity contribution in [3.8, 4) is 0 Å². The molecule has 6 heteroatoms. The Morgan fingerprint density at radius 1 is 1.25 bits per heavy atom. The summed E-state index contributed by atoms with van der Waals surface area (Å²) in [5.41, 5.74) is -0.501. The van der Waals surface area contributed by atoms with E-state index in [1.807, 2.05) is 20.8 Å². The molecule has 5 nitrogen and oxygen atoms in total. The third-order valence-corrected chi connectivity index (χ3v) is 3.73. The van der Waals surface area contributed by atoms with Gasteiger partial charge in [0.1, 0.15) is 5.60 Å². The van der Waals surface area contributed by atoms with Gasteiger partial charge in [0.2, 0.25) is 0 Å². The lowest BCUT2D eigenvalue weighted by Gasteiger charge is -2.28. The minimum Gasteiger partial charge on any atom is -0.466 e. The Labute approximate surface area is 126 Å². The van der Waals surface area contributed by atoms with Crippen molar-refractivity contribution in [2.75, 3.05) is 6.61 Å². The molecule has 0 aliphatic carbocycles. The molecular weight excluding hydrogens is 282 g/mol. The summed E-state index contributed by atoms with van der Waals surface area (Å²) in [6.45, 7) is 7.75. The number of ether oxygens (including phenoxy) is 2. The van der Waals surface area contributed by atoms with Crippen LogP contribution in [0.3, 0.4) is 0 Å². The summed E-state index contributed by atoms with van der Waals surface area (Å²) < 4.78 is 10.5. The normalized spacial score (nSPS) is 28.0. The van der Waals surface area contributed by atoms with Gasteiger partial charge < -0.3 is 14.4 Å². The second kappa shape index (κ2) is 6.20. The van der Waals surface area contributed by atoms with Gasteiger partial charge in [-0.1, -0.05) is 0 Å². The molecular formula is C14H24ClNO4. The monoisotopic (exact) mass is 305 g/mol. The van der Waals surface area contributed by atoms with E-state index in [-0.39, 0.29) is 42.5 Å². The molecule has 2 aliphatic rings. The first-order chi connectivity index (χ1) is 8.83. The highest BCUT2D eigenvalue weighted by atomic mass is 35.5. The zero-order chi connectivity index (χ0) is 14.2. The summed E-state index contributed by atoms with van der Waals surface area (Å²) in [6, 6.07) is 0.0909. The smallest absolute Gasteiger partial charge is 0.410 e. The Balaban J connectivity index is 0.00000200. The van der Waals surface area contributed by atoms with Crippen molar-refractivity contribution in [1.82, 2.24) is 4.90 Å². The fraction of sp³-hybridized carbons (Fsp3) is 0.857.